The second-order valence-electron chi connectivity index (χ2n) is 4.89. The highest BCUT2D eigenvalue weighted by molar-refractivity contribution is 5.76. The van der Waals surface area contributed by atoms with Gasteiger partial charge in [-0.15, -0.1) is 10.2 Å². The molecule has 1 saturated heterocycles. The monoisotopic (exact) mass is 283 g/mol. The van der Waals surface area contributed by atoms with Crippen LogP contribution in [0.5, 0.6) is 0 Å². The molecule has 0 aliphatic carbocycles. The first-order valence-electron chi connectivity index (χ1n) is 6.75. The van der Waals surface area contributed by atoms with E-state index in [4.69, 9.17) is 4.74 Å². The molecular formula is C13H13N7O. The Labute approximate surface area is 120 Å². The third-order valence-electron chi connectivity index (χ3n) is 3.57. The number of hydrogen-bond acceptors (Lipinski definition) is 6. The lowest BCUT2D eigenvalue weighted by atomic mass is 10.1. The molecule has 21 heavy (non-hydrogen) atoms. The summed E-state index contributed by atoms with van der Waals surface area (Å²) < 4.78 is 5.39. The minimum atomic E-state index is 0.295. The van der Waals surface area contributed by atoms with Gasteiger partial charge in [-0.2, -0.15) is 10.3 Å². The predicted molar refractivity (Wildman–Crippen MR) is 73.2 cm³/mol. The van der Waals surface area contributed by atoms with Crippen LogP contribution in [0.25, 0.3) is 22.8 Å². The van der Waals surface area contributed by atoms with Gasteiger partial charge in [0.1, 0.15) is 5.82 Å². The van der Waals surface area contributed by atoms with E-state index < -0.39 is 0 Å². The fourth-order valence-electron chi connectivity index (χ4n) is 2.48. The van der Waals surface area contributed by atoms with E-state index >= 15 is 0 Å². The van der Waals surface area contributed by atoms with Crippen molar-refractivity contribution in [3.63, 3.8) is 0 Å². The fraction of sp³-hybridized carbons (Fsp3) is 0.308. The second kappa shape index (κ2) is 5.06. The van der Waals surface area contributed by atoms with Gasteiger partial charge >= 0.3 is 0 Å². The van der Waals surface area contributed by atoms with Crippen LogP contribution < -0.4 is 0 Å². The van der Waals surface area contributed by atoms with E-state index in [1.165, 1.54) is 0 Å². The zero-order valence-electron chi connectivity index (χ0n) is 11.2. The van der Waals surface area contributed by atoms with Gasteiger partial charge in [-0.25, -0.2) is 4.98 Å². The largest absolute Gasteiger partial charge is 0.381 e. The van der Waals surface area contributed by atoms with Gasteiger partial charge in [0.2, 0.25) is 5.82 Å². The summed E-state index contributed by atoms with van der Waals surface area (Å²) in [5.74, 6) is 2.33. The van der Waals surface area contributed by atoms with Gasteiger partial charge in [-0.1, -0.05) is 24.3 Å². The zero-order chi connectivity index (χ0) is 14.1. The van der Waals surface area contributed by atoms with Crippen LogP contribution in [0.4, 0.5) is 0 Å². The second-order valence-corrected chi connectivity index (χ2v) is 4.89. The number of hydrogen-bond donors (Lipinski definition) is 2. The van der Waals surface area contributed by atoms with Crippen molar-refractivity contribution >= 4 is 0 Å². The highest BCUT2D eigenvalue weighted by Crippen LogP contribution is 2.29. The van der Waals surface area contributed by atoms with E-state index in [1.807, 2.05) is 24.3 Å². The Morgan fingerprint density at radius 3 is 2.67 bits per heavy atom. The van der Waals surface area contributed by atoms with Gasteiger partial charge in [0.25, 0.3) is 0 Å². The summed E-state index contributed by atoms with van der Waals surface area (Å²) in [6, 6.07) is 7.74. The number of nitrogens with zero attached hydrogens (tertiary/aromatic N) is 5. The van der Waals surface area contributed by atoms with Crippen molar-refractivity contribution in [2.45, 2.75) is 12.3 Å². The molecule has 1 atom stereocenters. The number of tetrazole rings is 1. The highest BCUT2D eigenvalue weighted by atomic mass is 16.5. The zero-order valence-corrected chi connectivity index (χ0v) is 11.2. The van der Waals surface area contributed by atoms with E-state index in [0.717, 1.165) is 30.0 Å². The maximum absolute atomic E-state index is 5.39. The highest BCUT2D eigenvalue weighted by Gasteiger charge is 2.22. The van der Waals surface area contributed by atoms with E-state index in [9.17, 15) is 0 Å². The Kier molecular flexibility index (Phi) is 2.93. The number of H-pyrrole nitrogens is 2. The molecule has 0 saturated carbocycles. The molecule has 0 spiro atoms. The number of ether oxygens (including phenoxy) is 1. The molecule has 1 aliphatic heterocycles. The molecule has 1 fully saturated rings. The predicted octanol–water partition coefficient (Wildman–Crippen LogP) is 1.16. The molecule has 8 nitrogen and oxygen atoms in total. The van der Waals surface area contributed by atoms with Crippen molar-refractivity contribution in [1.82, 2.24) is 35.8 Å². The van der Waals surface area contributed by atoms with E-state index in [1.54, 1.807) is 0 Å². The van der Waals surface area contributed by atoms with Crippen molar-refractivity contribution in [3.05, 3.63) is 30.1 Å². The minimum absolute atomic E-state index is 0.295. The van der Waals surface area contributed by atoms with E-state index in [0.29, 0.717) is 24.2 Å². The van der Waals surface area contributed by atoms with Crippen LogP contribution in [-0.2, 0) is 4.74 Å². The molecule has 1 aliphatic rings. The van der Waals surface area contributed by atoms with Crippen LogP contribution >= 0.6 is 0 Å². The van der Waals surface area contributed by atoms with Gasteiger partial charge in [0.15, 0.2) is 5.82 Å². The summed E-state index contributed by atoms with van der Waals surface area (Å²) in [7, 11) is 0. The summed E-state index contributed by atoms with van der Waals surface area (Å²) >= 11 is 0. The van der Waals surface area contributed by atoms with E-state index in [-0.39, 0.29) is 0 Å². The van der Waals surface area contributed by atoms with Crippen LogP contribution in [0.2, 0.25) is 0 Å². The fourth-order valence-corrected chi connectivity index (χ4v) is 2.48. The van der Waals surface area contributed by atoms with Crippen molar-refractivity contribution in [3.8, 4) is 22.8 Å². The third kappa shape index (κ3) is 2.19. The lowest BCUT2D eigenvalue weighted by Crippen LogP contribution is -1.99. The van der Waals surface area contributed by atoms with Crippen molar-refractivity contribution in [1.29, 1.82) is 0 Å². The lowest BCUT2D eigenvalue weighted by Gasteiger charge is -2.02. The third-order valence-corrected chi connectivity index (χ3v) is 3.57. The standard InChI is InChI=1S/C13H13N7O/c1-2-4-10(13-17-19-20-18-13)9(3-1)12-14-11(15-16-12)8-5-6-21-7-8/h1-4,8H,5-7H2,(H,14,15,16)(H,17,18,19,20)/t8-/m1/s1. The number of benzene rings is 1. The quantitative estimate of drug-likeness (QED) is 0.747. The maximum atomic E-state index is 5.39. The summed E-state index contributed by atoms with van der Waals surface area (Å²) in [5.41, 5.74) is 1.72. The summed E-state index contributed by atoms with van der Waals surface area (Å²) in [5, 5.41) is 21.4. The number of rotatable bonds is 3. The van der Waals surface area contributed by atoms with Gasteiger partial charge in [0, 0.05) is 23.7 Å². The summed E-state index contributed by atoms with van der Waals surface area (Å²) in [4.78, 5) is 4.60. The lowest BCUT2D eigenvalue weighted by molar-refractivity contribution is 0.193. The van der Waals surface area contributed by atoms with Crippen LogP contribution in [0.15, 0.2) is 24.3 Å². The topological polar surface area (TPSA) is 105 Å². The Hall–Kier alpha value is -2.61. The van der Waals surface area contributed by atoms with Gasteiger partial charge in [-0.05, 0) is 11.6 Å². The first kappa shape index (κ1) is 12.2. The summed E-state index contributed by atoms with van der Waals surface area (Å²) in [6.45, 7) is 1.47. The molecule has 1 aromatic carbocycles. The first-order valence-corrected chi connectivity index (χ1v) is 6.75. The molecule has 4 rings (SSSR count). The van der Waals surface area contributed by atoms with Crippen LogP contribution in [0.1, 0.15) is 18.2 Å². The molecular weight excluding hydrogens is 270 g/mol. The maximum Gasteiger partial charge on any atom is 0.205 e. The Balaban J connectivity index is 1.74. The molecule has 0 unspecified atom stereocenters. The van der Waals surface area contributed by atoms with Crippen LogP contribution in [0.3, 0.4) is 0 Å². The smallest absolute Gasteiger partial charge is 0.205 e. The minimum Gasteiger partial charge on any atom is -0.381 e. The van der Waals surface area contributed by atoms with Crippen molar-refractivity contribution in [2.75, 3.05) is 13.2 Å². The molecule has 0 bridgehead atoms. The van der Waals surface area contributed by atoms with Gasteiger partial charge in [0.05, 0.1) is 6.61 Å². The van der Waals surface area contributed by atoms with Crippen molar-refractivity contribution < 1.29 is 4.74 Å². The van der Waals surface area contributed by atoms with Crippen LogP contribution in [0, 0.1) is 0 Å². The Morgan fingerprint density at radius 1 is 1.10 bits per heavy atom. The van der Waals surface area contributed by atoms with E-state index in [2.05, 4.69) is 35.8 Å². The molecule has 106 valence electrons. The number of nitrogens with one attached hydrogen (secondary N) is 2. The molecule has 3 aromatic rings. The van der Waals surface area contributed by atoms with Crippen LogP contribution in [-0.4, -0.2) is 49.0 Å². The van der Waals surface area contributed by atoms with Gasteiger partial charge in [-0.3, -0.25) is 5.10 Å². The van der Waals surface area contributed by atoms with Gasteiger partial charge < -0.3 is 4.74 Å². The molecule has 3 heterocycles. The molecule has 0 amide bonds. The average Bonchev–Trinajstić information content (AvgIpc) is 3.27. The molecule has 2 N–H and O–H groups in total. The molecule has 2 aromatic heterocycles. The number of aromatic amines is 2. The average molecular weight is 283 g/mol. The summed E-state index contributed by atoms with van der Waals surface area (Å²) in [6.07, 6.45) is 0.973. The Bertz CT molecular complexity index is 731. The SMILES string of the molecule is c1ccc(-c2n[nH]c([C@@H]3CCOC3)n2)c(-c2nn[nH]n2)c1. The number of aromatic nitrogens is 7. The first-order chi connectivity index (χ1) is 10.4. The molecule has 8 heteroatoms. The Morgan fingerprint density at radius 2 is 1.95 bits per heavy atom. The molecule has 0 radical (unpaired) electrons. The van der Waals surface area contributed by atoms with Crippen molar-refractivity contribution in [2.24, 2.45) is 0 Å². The normalized spacial score (nSPS) is 18.2.